The van der Waals surface area contributed by atoms with E-state index in [1.165, 1.54) is 11.1 Å². The van der Waals surface area contributed by atoms with Crippen LogP contribution in [-0.4, -0.2) is 13.2 Å². The molecule has 1 N–H and O–H groups in total. The van der Waals surface area contributed by atoms with Crippen LogP contribution in [0.1, 0.15) is 31.0 Å². The van der Waals surface area contributed by atoms with E-state index in [0.717, 1.165) is 12.2 Å². The van der Waals surface area contributed by atoms with Crippen molar-refractivity contribution in [3.8, 4) is 5.75 Å². The lowest BCUT2D eigenvalue weighted by atomic mass is 10.0. The standard InChI is InChI=1S/C12H17NO2/c1-4-9-5-6-11-10(7-9)12(13-14-3)8(2)15-11/h5-8,12-13H,4H2,1-3H3. The van der Waals surface area contributed by atoms with Crippen molar-refractivity contribution in [2.75, 3.05) is 7.11 Å². The predicted octanol–water partition coefficient (Wildman–Crippen LogP) is 2.22. The highest BCUT2D eigenvalue weighted by atomic mass is 16.6. The van der Waals surface area contributed by atoms with E-state index < -0.39 is 0 Å². The first-order chi connectivity index (χ1) is 7.26. The molecule has 2 unspecified atom stereocenters. The van der Waals surface area contributed by atoms with Gasteiger partial charge in [0.1, 0.15) is 11.9 Å². The molecule has 2 atom stereocenters. The van der Waals surface area contributed by atoms with Crippen LogP contribution in [-0.2, 0) is 11.3 Å². The molecule has 3 nitrogen and oxygen atoms in total. The van der Waals surface area contributed by atoms with Crippen LogP contribution >= 0.6 is 0 Å². The zero-order chi connectivity index (χ0) is 10.8. The van der Waals surface area contributed by atoms with Gasteiger partial charge in [0, 0.05) is 5.56 Å². The third kappa shape index (κ3) is 1.85. The van der Waals surface area contributed by atoms with Crippen LogP contribution in [0.25, 0.3) is 0 Å². The number of rotatable bonds is 3. The van der Waals surface area contributed by atoms with Crippen LogP contribution in [0, 0.1) is 0 Å². The van der Waals surface area contributed by atoms with E-state index >= 15 is 0 Å². The highest BCUT2D eigenvalue weighted by Gasteiger charge is 2.31. The summed E-state index contributed by atoms with van der Waals surface area (Å²) in [4.78, 5) is 5.00. The van der Waals surface area contributed by atoms with Gasteiger partial charge in [0.25, 0.3) is 0 Å². The third-order valence-corrected chi connectivity index (χ3v) is 2.84. The Bertz CT molecular complexity index is 351. The Kier molecular flexibility index (Phi) is 2.93. The summed E-state index contributed by atoms with van der Waals surface area (Å²) < 4.78 is 5.73. The van der Waals surface area contributed by atoms with Gasteiger partial charge in [-0.25, -0.2) is 0 Å². The second-order valence-corrected chi connectivity index (χ2v) is 3.85. The van der Waals surface area contributed by atoms with E-state index in [-0.39, 0.29) is 12.1 Å². The van der Waals surface area contributed by atoms with Crippen LogP contribution in [0.2, 0.25) is 0 Å². The lowest BCUT2D eigenvalue weighted by Gasteiger charge is -2.14. The lowest BCUT2D eigenvalue weighted by Crippen LogP contribution is -2.27. The number of benzene rings is 1. The smallest absolute Gasteiger partial charge is 0.124 e. The van der Waals surface area contributed by atoms with Gasteiger partial charge < -0.3 is 9.57 Å². The number of aryl methyl sites for hydroxylation is 1. The molecule has 0 aliphatic carbocycles. The molecule has 2 rings (SSSR count). The molecule has 0 spiro atoms. The van der Waals surface area contributed by atoms with Crippen molar-refractivity contribution in [1.82, 2.24) is 5.48 Å². The molecule has 15 heavy (non-hydrogen) atoms. The fourth-order valence-electron chi connectivity index (χ4n) is 1.98. The van der Waals surface area contributed by atoms with Crippen molar-refractivity contribution in [3.63, 3.8) is 0 Å². The minimum atomic E-state index is 0.118. The van der Waals surface area contributed by atoms with Crippen molar-refractivity contribution >= 4 is 0 Å². The van der Waals surface area contributed by atoms with Gasteiger partial charge in [0.2, 0.25) is 0 Å². The van der Waals surface area contributed by atoms with Crippen molar-refractivity contribution in [1.29, 1.82) is 0 Å². The molecule has 3 heteroatoms. The molecule has 82 valence electrons. The molecule has 1 aromatic rings. The van der Waals surface area contributed by atoms with Crippen molar-refractivity contribution < 1.29 is 9.57 Å². The SMILES string of the molecule is CCc1ccc2c(c1)C(NOC)C(C)O2. The number of hydrogen-bond acceptors (Lipinski definition) is 3. The molecule has 0 bridgehead atoms. The van der Waals surface area contributed by atoms with Gasteiger partial charge >= 0.3 is 0 Å². The second-order valence-electron chi connectivity index (χ2n) is 3.85. The van der Waals surface area contributed by atoms with Gasteiger partial charge in [-0.15, -0.1) is 0 Å². The molecule has 0 aromatic heterocycles. The fraction of sp³-hybridized carbons (Fsp3) is 0.500. The summed E-state index contributed by atoms with van der Waals surface area (Å²) in [6.07, 6.45) is 1.16. The number of ether oxygens (including phenoxy) is 1. The molecular weight excluding hydrogens is 190 g/mol. The lowest BCUT2D eigenvalue weighted by molar-refractivity contribution is 0.0339. The minimum absolute atomic E-state index is 0.118. The summed E-state index contributed by atoms with van der Waals surface area (Å²) in [6.45, 7) is 4.20. The molecule has 0 fully saturated rings. The van der Waals surface area contributed by atoms with Crippen LogP contribution in [0.15, 0.2) is 18.2 Å². The Balaban J connectivity index is 2.32. The molecule has 0 amide bonds. The topological polar surface area (TPSA) is 30.5 Å². The van der Waals surface area contributed by atoms with Gasteiger partial charge in [0.05, 0.1) is 13.2 Å². The van der Waals surface area contributed by atoms with Gasteiger partial charge in [-0.1, -0.05) is 19.1 Å². The number of hydrogen-bond donors (Lipinski definition) is 1. The summed E-state index contributed by atoms with van der Waals surface area (Å²) in [5, 5.41) is 0. The van der Waals surface area contributed by atoms with E-state index in [0.29, 0.717) is 0 Å². The largest absolute Gasteiger partial charge is 0.488 e. The van der Waals surface area contributed by atoms with E-state index in [1.54, 1.807) is 7.11 Å². The van der Waals surface area contributed by atoms with E-state index in [9.17, 15) is 0 Å². The van der Waals surface area contributed by atoms with E-state index in [4.69, 9.17) is 9.57 Å². The van der Waals surface area contributed by atoms with Crippen molar-refractivity contribution in [2.45, 2.75) is 32.4 Å². The maximum absolute atomic E-state index is 5.73. The molecule has 1 aromatic carbocycles. The minimum Gasteiger partial charge on any atom is -0.488 e. The summed E-state index contributed by atoms with van der Waals surface area (Å²) in [7, 11) is 1.63. The Morgan fingerprint density at radius 3 is 2.93 bits per heavy atom. The third-order valence-electron chi connectivity index (χ3n) is 2.84. The van der Waals surface area contributed by atoms with Crippen molar-refractivity contribution in [3.05, 3.63) is 29.3 Å². The van der Waals surface area contributed by atoms with E-state index in [1.807, 2.05) is 13.0 Å². The summed E-state index contributed by atoms with van der Waals surface area (Å²) in [5.74, 6) is 0.967. The highest BCUT2D eigenvalue weighted by molar-refractivity contribution is 5.43. The van der Waals surface area contributed by atoms with Crippen LogP contribution < -0.4 is 10.2 Å². The molecule has 1 aliphatic rings. The van der Waals surface area contributed by atoms with Gasteiger partial charge in [0.15, 0.2) is 0 Å². The first-order valence-corrected chi connectivity index (χ1v) is 5.34. The predicted molar refractivity (Wildman–Crippen MR) is 58.8 cm³/mol. The Labute approximate surface area is 90.3 Å². The zero-order valence-corrected chi connectivity index (χ0v) is 9.41. The van der Waals surface area contributed by atoms with E-state index in [2.05, 4.69) is 24.5 Å². The number of fused-ring (bicyclic) bond motifs is 1. The van der Waals surface area contributed by atoms with Crippen LogP contribution in [0.5, 0.6) is 5.75 Å². The van der Waals surface area contributed by atoms with Crippen LogP contribution in [0.4, 0.5) is 0 Å². The first-order valence-electron chi connectivity index (χ1n) is 5.34. The van der Waals surface area contributed by atoms with Gasteiger partial charge in [-0.3, -0.25) is 0 Å². The maximum atomic E-state index is 5.73. The molecular formula is C12H17NO2. The fourth-order valence-corrected chi connectivity index (χ4v) is 1.98. The summed E-state index contributed by atoms with van der Waals surface area (Å²) in [5.41, 5.74) is 5.50. The monoisotopic (exact) mass is 207 g/mol. The quantitative estimate of drug-likeness (QED) is 0.771. The number of hydroxylamine groups is 1. The van der Waals surface area contributed by atoms with Crippen LogP contribution in [0.3, 0.4) is 0 Å². The Morgan fingerprint density at radius 2 is 2.27 bits per heavy atom. The normalized spacial score (nSPS) is 23.7. The molecule has 0 saturated carbocycles. The summed E-state index contributed by atoms with van der Waals surface area (Å²) >= 11 is 0. The Morgan fingerprint density at radius 1 is 1.47 bits per heavy atom. The first kappa shape index (κ1) is 10.5. The average Bonchev–Trinajstić information content (AvgIpc) is 2.55. The molecule has 1 aliphatic heterocycles. The average molecular weight is 207 g/mol. The molecule has 0 radical (unpaired) electrons. The zero-order valence-electron chi connectivity index (χ0n) is 9.41. The second kappa shape index (κ2) is 4.21. The summed E-state index contributed by atoms with van der Waals surface area (Å²) in [6, 6.07) is 6.48. The highest BCUT2D eigenvalue weighted by Crippen LogP contribution is 2.37. The van der Waals surface area contributed by atoms with Gasteiger partial charge in [-0.05, 0) is 25.0 Å². The number of nitrogens with one attached hydrogen (secondary N) is 1. The molecule has 1 heterocycles. The van der Waals surface area contributed by atoms with Crippen molar-refractivity contribution in [2.24, 2.45) is 0 Å². The maximum Gasteiger partial charge on any atom is 0.124 e. The Hall–Kier alpha value is -1.06. The van der Waals surface area contributed by atoms with Gasteiger partial charge in [-0.2, -0.15) is 5.48 Å². The molecule has 0 saturated heterocycles.